The fraction of sp³-hybridized carbons (Fsp3) is 0.375. The number of rotatable bonds is 4. The second-order valence-electron chi connectivity index (χ2n) is 5.92. The van der Waals surface area contributed by atoms with Crippen LogP contribution in [0, 0.1) is 18.7 Å². The van der Waals surface area contributed by atoms with E-state index in [1.807, 2.05) is 6.92 Å². The van der Waals surface area contributed by atoms with Crippen molar-refractivity contribution in [2.45, 2.75) is 24.7 Å². The molecular weight excluding hydrogens is 365 g/mol. The summed E-state index contributed by atoms with van der Waals surface area (Å²) < 4.78 is 39.7. The number of halogens is 1. The van der Waals surface area contributed by atoms with Gasteiger partial charge in [0.05, 0.1) is 10.8 Å². The van der Waals surface area contributed by atoms with Gasteiger partial charge in [-0.25, -0.2) is 17.8 Å². The van der Waals surface area contributed by atoms with Crippen LogP contribution in [0.5, 0.6) is 0 Å². The summed E-state index contributed by atoms with van der Waals surface area (Å²) in [4.78, 5) is 17.5. The number of hydrogen-bond donors (Lipinski definition) is 1. The standard InChI is InChI=1S/C16H18FN3O3S2/c1-11-9-18-16(24-11)19-15(21)12-3-2-8-20(10-12)25(22,23)14-6-4-13(17)5-7-14/h4-7,9,12H,2-3,8,10H2,1H3,(H,18,19,21)/t12-/m1/s1. The number of hydrogen-bond acceptors (Lipinski definition) is 5. The van der Waals surface area contributed by atoms with Crippen LogP contribution in [0.15, 0.2) is 35.4 Å². The molecule has 0 spiro atoms. The van der Waals surface area contributed by atoms with Gasteiger partial charge in [0.2, 0.25) is 15.9 Å². The molecule has 25 heavy (non-hydrogen) atoms. The van der Waals surface area contributed by atoms with Gasteiger partial charge in [0.1, 0.15) is 5.82 Å². The van der Waals surface area contributed by atoms with Crippen molar-refractivity contribution in [3.05, 3.63) is 41.2 Å². The number of carbonyl (C=O) groups excluding carboxylic acids is 1. The summed E-state index contributed by atoms with van der Waals surface area (Å²) in [5.74, 6) is -1.16. The molecule has 1 fully saturated rings. The smallest absolute Gasteiger partial charge is 0.243 e. The predicted octanol–water partition coefficient (Wildman–Crippen LogP) is 2.63. The monoisotopic (exact) mass is 383 g/mol. The van der Waals surface area contributed by atoms with Crippen molar-refractivity contribution in [3.63, 3.8) is 0 Å². The maximum Gasteiger partial charge on any atom is 0.243 e. The Balaban J connectivity index is 1.71. The van der Waals surface area contributed by atoms with Gasteiger partial charge in [0.25, 0.3) is 0 Å². The highest BCUT2D eigenvalue weighted by Crippen LogP contribution is 2.25. The van der Waals surface area contributed by atoms with Crippen LogP contribution in [0.2, 0.25) is 0 Å². The number of amides is 1. The quantitative estimate of drug-likeness (QED) is 0.880. The first-order valence-electron chi connectivity index (χ1n) is 7.85. The van der Waals surface area contributed by atoms with Gasteiger partial charge in [0, 0.05) is 24.2 Å². The zero-order chi connectivity index (χ0) is 18.0. The number of nitrogens with one attached hydrogen (secondary N) is 1. The molecule has 2 heterocycles. The molecule has 1 aliphatic rings. The molecule has 1 saturated heterocycles. The van der Waals surface area contributed by atoms with Crippen LogP contribution in [0.1, 0.15) is 17.7 Å². The average Bonchev–Trinajstić information content (AvgIpc) is 3.00. The van der Waals surface area contributed by atoms with Crippen LogP contribution >= 0.6 is 11.3 Å². The van der Waals surface area contributed by atoms with Crippen LogP contribution in [-0.4, -0.2) is 36.7 Å². The number of benzene rings is 1. The highest BCUT2D eigenvalue weighted by molar-refractivity contribution is 7.89. The van der Waals surface area contributed by atoms with Gasteiger partial charge in [-0.05, 0) is 44.0 Å². The summed E-state index contributed by atoms with van der Waals surface area (Å²) in [7, 11) is -3.74. The Bertz CT molecular complexity index is 865. The largest absolute Gasteiger partial charge is 0.302 e. The van der Waals surface area contributed by atoms with Gasteiger partial charge < -0.3 is 5.32 Å². The van der Waals surface area contributed by atoms with E-state index in [9.17, 15) is 17.6 Å². The number of sulfonamides is 1. The molecule has 0 radical (unpaired) electrons. The Morgan fingerprint density at radius 1 is 1.36 bits per heavy atom. The molecule has 134 valence electrons. The number of piperidine rings is 1. The highest BCUT2D eigenvalue weighted by Gasteiger charge is 2.33. The molecule has 9 heteroatoms. The molecule has 0 unspecified atom stereocenters. The van der Waals surface area contributed by atoms with Crippen LogP contribution < -0.4 is 5.32 Å². The van der Waals surface area contributed by atoms with Gasteiger partial charge in [0.15, 0.2) is 5.13 Å². The van der Waals surface area contributed by atoms with E-state index in [1.54, 1.807) is 6.20 Å². The van der Waals surface area contributed by atoms with Gasteiger partial charge >= 0.3 is 0 Å². The van der Waals surface area contributed by atoms with Crippen LogP contribution in [0.25, 0.3) is 0 Å². The second kappa shape index (κ2) is 7.19. The van der Waals surface area contributed by atoms with E-state index in [1.165, 1.54) is 27.8 Å². The topological polar surface area (TPSA) is 79.4 Å². The molecule has 6 nitrogen and oxygen atoms in total. The Labute approximate surface area is 149 Å². The minimum absolute atomic E-state index is 0.0329. The molecular formula is C16H18FN3O3S2. The lowest BCUT2D eigenvalue weighted by atomic mass is 9.99. The first kappa shape index (κ1) is 18.0. The summed E-state index contributed by atoms with van der Waals surface area (Å²) in [6.07, 6.45) is 2.88. The van der Waals surface area contributed by atoms with E-state index in [2.05, 4.69) is 10.3 Å². The fourth-order valence-corrected chi connectivity index (χ4v) is 4.94. The van der Waals surface area contributed by atoms with Crippen molar-refractivity contribution in [2.24, 2.45) is 5.92 Å². The van der Waals surface area contributed by atoms with E-state index in [-0.39, 0.29) is 17.3 Å². The Morgan fingerprint density at radius 2 is 2.08 bits per heavy atom. The molecule has 3 rings (SSSR count). The maximum atomic E-state index is 13.0. The first-order valence-corrected chi connectivity index (χ1v) is 10.1. The number of aryl methyl sites for hydroxylation is 1. The molecule has 2 aromatic rings. The Morgan fingerprint density at radius 3 is 2.72 bits per heavy atom. The lowest BCUT2D eigenvalue weighted by Gasteiger charge is -2.31. The van der Waals surface area contributed by atoms with Crippen molar-refractivity contribution >= 4 is 32.4 Å². The molecule has 0 aliphatic carbocycles. The van der Waals surface area contributed by atoms with E-state index < -0.39 is 21.8 Å². The zero-order valence-electron chi connectivity index (χ0n) is 13.6. The third-order valence-corrected chi connectivity index (χ3v) is 6.77. The van der Waals surface area contributed by atoms with Gasteiger partial charge in [-0.3, -0.25) is 4.79 Å². The normalized spacial score (nSPS) is 18.9. The summed E-state index contributed by atoms with van der Waals surface area (Å²) in [5, 5.41) is 3.26. The molecule has 1 amide bonds. The third kappa shape index (κ3) is 4.05. The van der Waals surface area contributed by atoms with E-state index in [0.29, 0.717) is 24.5 Å². The Kier molecular flexibility index (Phi) is 5.16. The predicted molar refractivity (Wildman–Crippen MR) is 93.4 cm³/mol. The third-order valence-electron chi connectivity index (χ3n) is 4.06. The van der Waals surface area contributed by atoms with E-state index in [4.69, 9.17) is 0 Å². The first-order chi connectivity index (χ1) is 11.9. The minimum Gasteiger partial charge on any atom is -0.302 e. The van der Waals surface area contributed by atoms with Crippen molar-refractivity contribution in [1.82, 2.24) is 9.29 Å². The second-order valence-corrected chi connectivity index (χ2v) is 9.09. The zero-order valence-corrected chi connectivity index (χ0v) is 15.2. The van der Waals surface area contributed by atoms with Gasteiger partial charge in [-0.15, -0.1) is 11.3 Å². The lowest BCUT2D eigenvalue weighted by molar-refractivity contribution is -0.120. The van der Waals surface area contributed by atoms with Crippen molar-refractivity contribution in [1.29, 1.82) is 0 Å². The Hall–Kier alpha value is -1.84. The molecule has 1 aliphatic heterocycles. The number of aromatic nitrogens is 1. The minimum atomic E-state index is -3.74. The van der Waals surface area contributed by atoms with Crippen molar-refractivity contribution < 1.29 is 17.6 Å². The van der Waals surface area contributed by atoms with Crippen molar-refractivity contribution in [3.8, 4) is 0 Å². The van der Waals surface area contributed by atoms with Gasteiger partial charge in [-0.1, -0.05) is 0 Å². The fourth-order valence-electron chi connectivity index (χ4n) is 2.75. The average molecular weight is 383 g/mol. The van der Waals surface area contributed by atoms with E-state index >= 15 is 0 Å². The summed E-state index contributed by atoms with van der Waals surface area (Å²) in [5.41, 5.74) is 0. The maximum absolute atomic E-state index is 13.0. The SMILES string of the molecule is Cc1cnc(NC(=O)[C@@H]2CCCN(S(=O)(=O)c3ccc(F)cc3)C2)s1. The highest BCUT2D eigenvalue weighted by atomic mass is 32.2. The van der Waals surface area contributed by atoms with Crippen molar-refractivity contribution in [2.75, 3.05) is 18.4 Å². The van der Waals surface area contributed by atoms with Gasteiger partial charge in [-0.2, -0.15) is 4.31 Å². The molecule has 0 saturated carbocycles. The summed E-state index contributed by atoms with van der Waals surface area (Å²) >= 11 is 1.37. The summed E-state index contributed by atoms with van der Waals surface area (Å²) in [6.45, 7) is 2.35. The lowest BCUT2D eigenvalue weighted by Crippen LogP contribution is -2.43. The van der Waals surface area contributed by atoms with Crippen LogP contribution in [0.4, 0.5) is 9.52 Å². The number of anilines is 1. The molecule has 1 aromatic heterocycles. The molecule has 0 bridgehead atoms. The van der Waals surface area contributed by atoms with E-state index in [0.717, 1.165) is 17.0 Å². The number of thiazole rings is 1. The number of carbonyl (C=O) groups is 1. The molecule has 1 N–H and O–H groups in total. The molecule has 1 aromatic carbocycles. The number of nitrogens with zero attached hydrogens (tertiary/aromatic N) is 2. The molecule has 1 atom stereocenters. The van der Waals surface area contributed by atoms with Crippen LogP contribution in [-0.2, 0) is 14.8 Å². The summed E-state index contributed by atoms with van der Waals surface area (Å²) in [6, 6.07) is 4.72. The van der Waals surface area contributed by atoms with Crippen LogP contribution in [0.3, 0.4) is 0 Å².